The molecule has 3 aromatic rings. The Labute approximate surface area is 181 Å². The van der Waals surface area contributed by atoms with E-state index in [4.69, 9.17) is 16.8 Å². The van der Waals surface area contributed by atoms with Crippen molar-refractivity contribution >= 4 is 72.6 Å². The van der Waals surface area contributed by atoms with Crippen molar-refractivity contribution in [2.75, 3.05) is 0 Å². The second-order valence-electron chi connectivity index (χ2n) is 5.42. The van der Waals surface area contributed by atoms with Gasteiger partial charge in [0.15, 0.2) is 0 Å². The van der Waals surface area contributed by atoms with Gasteiger partial charge in [-0.2, -0.15) is 8.42 Å². The first-order valence-electron chi connectivity index (χ1n) is 7.10. The van der Waals surface area contributed by atoms with Crippen LogP contribution < -0.4 is 0 Å². The SMILES string of the molecule is Cc1ccc(-c2ssc(=S)c2Cc2ccc(S(=O)(=O)O)cc2)cc1.[NaH]. The summed E-state index contributed by atoms with van der Waals surface area (Å²) in [6, 6.07) is 14.6. The van der Waals surface area contributed by atoms with E-state index in [1.54, 1.807) is 32.8 Å². The maximum absolute atomic E-state index is 11.1. The monoisotopic (exact) mass is 418 g/mol. The molecule has 0 atom stereocenters. The van der Waals surface area contributed by atoms with Crippen molar-refractivity contribution in [2.24, 2.45) is 0 Å². The van der Waals surface area contributed by atoms with Crippen molar-refractivity contribution in [3.05, 3.63) is 69.0 Å². The van der Waals surface area contributed by atoms with E-state index >= 15 is 0 Å². The van der Waals surface area contributed by atoms with Gasteiger partial charge in [-0.15, -0.1) is 0 Å². The molecule has 25 heavy (non-hydrogen) atoms. The molecule has 0 amide bonds. The van der Waals surface area contributed by atoms with Gasteiger partial charge in [0.25, 0.3) is 10.1 Å². The molecule has 0 aliphatic heterocycles. The fourth-order valence-electron chi connectivity index (χ4n) is 2.34. The van der Waals surface area contributed by atoms with Gasteiger partial charge in [0, 0.05) is 12.0 Å². The zero-order valence-electron chi connectivity index (χ0n) is 12.7. The molecule has 1 aromatic heterocycles. The van der Waals surface area contributed by atoms with Gasteiger partial charge in [-0.05, 0) is 30.2 Å². The van der Waals surface area contributed by atoms with Gasteiger partial charge in [0.1, 0.15) is 3.82 Å². The Morgan fingerprint density at radius 1 is 1.00 bits per heavy atom. The fraction of sp³-hybridized carbons (Fsp3) is 0.118. The van der Waals surface area contributed by atoms with Crippen LogP contribution in [0.4, 0.5) is 0 Å². The van der Waals surface area contributed by atoms with Crippen LogP contribution in [0.1, 0.15) is 16.7 Å². The zero-order valence-corrected chi connectivity index (χ0v) is 16.0. The first-order valence-corrected chi connectivity index (χ1v) is 11.1. The Morgan fingerprint density at radius 2 is 1.60 bits per heavy atom. The standard InChI is InChI=1S/C17H14O3S4.Na.H/c1-11-2-6-13(7-3-11)16-15(17(21)23-22-16)10-12-4-8-14(9-5-12)24(18,19)20;;/h2-9H,10H2,1H3,(H,18,19,20);;. The minimum absolute atomic E-state index is 0. The molecule has 0 aliphatic rings. The molecular formula is C17H15NaO3S4. The molecule has 126 valence electrons. The van der Waals surface area contributed by atoms with E-state index in [-0.39, 0.29) is 34.5 Å². The van der Waals surface area contributed by atoms with Gasteiger partial charge in [-0.25, -0.2) is 0 Å². The molecule has 3 rings (SSSR count). The molecule has 0 saturated heterocycles. The van der Waals surface area contributed by atoms with E-state index in [0.717, 1.165) is 25.4 Å². The number of hydrogen-bond acceptors (Lipinski definition) is 5. The molecule has 1 N–H and O–H groups in total. The summed E-state index contributed by atoms with van der Waals surface area (Å²) in [6.45, 7) is 2.05. The maximum atomic E-state index is 11.1. The first-order chi connectivity index (χ1) is 11.3. The molecule has 3 nitrogen and oxygen atoms in total. The number of hydrogen-bond donors (Lipinski definition) is 1. The molecule has 0 aliphatic carbocycles. The van der Waals surface area contributed by atoms with E-state index in [0.29, 0.717) is 6.42 Å². The van der Waals surface area contributed by atoms with Crippen molar-refractivity contribution in [1.29, 1.82) is 0 Å². The van der Waals surface area contributed by atoms with E-state index in [2.05, 4.69) is 31.2 Å². The molecule has 8 heteroatoms. The van der Waals surface area contributed by atoms with Crippen molar-refractivity contribution < 1.29 is 13.0 Å². The Balaban J connectivity index is 0.00000225. The topological polar surface area (TPSA) is 54.4 Å². The predicted molar refractivity (Wildman–Crippen MR) is 109 cm³/mol. The molecule has 2 aromatic carbocycles. The quantitative estimate of drug-likeness (QED) is 0.289. The van der Waals surface area contributed by atoms with Gasteiger partial charge in [0.05, 0.1) is 9.77 Å². The van der Waals surface area contributed by atoms with E-state index in [9.17, 15) is 8.42 Å². The van der Waals surface area contributed by atoms with Crippen molar-refractivity contribution in [2.45, 2.75) is 18.2 Å². The summed E-state index contributed by atoms with van der Waals surface area (Å²) in [4.78, 5) is 1.06. The first kappa shape index (κ1) is 20.9. The van der Waals surface area contributed by atoms with Gasteiger partial charge >= 0.3 is 29.6 Å². The van der Waals surface area contributed by atoms with Crippen LogP contribution in [0.2, 0.25) is 0 Å². The van der Waals surface area contributed by atoms with Gasteiger partial charge in [-0.3, -0.25) is 4.55 Å². The second-order valence-corrected chi connectivity index (χ2v) is 9.66. The molecule has 0 saturated carbocycles. The summed E-state index contributed by atoms with van der Waals surface area (Å²) in [5.74, 6) is 0. The third kappa shape index (κ3) is 5.08. The van der Waals surface area contributed by atoms with Crippen molar-refractivity contribution in [3.63, 3.8) is 0 Å². The van der Waals surface area contributed by atoms with Crippen LogP contribution >= 0.6 is 32.9 Å². The van der Waals surface area contributed by atoms with Crippen LogP contribution in [0.25, 0.3) is 10.4 Å². The Morgan fingerprint density at radius 3 is 2.16 bits per heavy atom. The molecule has 0 unspecified atom stereocenters. The van der Waals surface area contributed by atoms with E-state index in [1.165, 1.54) is 17.7 Å². The minimum atomic E-state index is -4.16. The molecule has 1 heterocycles. The summed E-state index contributed by atoms with van der Waals surface area (Å²) >= 11 is 5.48. The predicted octanol–water partition coefficient (Wildman–Crippen LogP) is 4.70. The Hall–Kier alpha value is -0.380. The average Bonchev–Trinajstić information content (AvgIpc) is 2.89. The third-order valence-electron chi connectivity index (χ3n) is 3.64. The number of benzene rings is 2. The van der Waals surface area contributed by atoms with Crippen LogP contribution in [0.15, 0.2) is 53.4 Å². The molecule has 0 spiro atoms. The summed E-state index contributed by atoms with van der Waals surface area (Å²) in [5.41, 5.74) is 4.39. The molecule has 0 fully saturated rings. The van der Waals surface area contributed by atoms with Gasteiger partial charge < -0.3 is 0 Å². The van der Waals surface area contributed by atoms with Crippen LogP contribution in [0.5, 0.6) is 0 Å². The normalized spacial score (nSPS) is 11.1. The van der Waals surface area contributed by atoms with Crippen LogP contribution in [0, 0.1) is 10.7 Å². The van der Waals surface area contributed by atoms with E-state index in [1.807, 2.05) is 0 Å². The molecular weight excluding hydrogens is 403 g/mol. The van der Waals surface area contributed by atoms with Crippen molar-refractivity contribution in [3.8, 4) is 10.4 Å². The van der Waals surface area contributed by atoms with Gasteiger partial charge in [0.2, 0.25) is 0 Å². The third-order valence-corrected chi connectivity index (χ3v) is 7.70. The summed E-state index contributed by atoms with van der Waals surface area (Å²) in [6.07, 6.45) is 0.633. The number of rotatable bonds is 4. The second kappa shape index (κ2) is 8.54. The number of aryl methyl sites for hydroxylation is 1. The van der Waals surface area contributed by atoms with Crippen LogP contribution in [-0.2, 0) is 16.5 Å². The summed E-state index contributed by atoms with van der Waals surface area (Å²) in [5, 5.41) is 0. The summed E-state index contributed by atoms with van der Waals surface area (Å²) < 4.78 is 32.2. The Kier molecular flexibility index (Phi) is 7.15. The van der Waals surface area contributed by atoms with Crippen molar-refractivity contribution in [1.82, 2.24) is 0 Å². The molecule has 0 bridgehead atoms. The Bertz CT molecular complexity index is 1020. The fourth-order valence-corrected chi connectivity index (χ4v) is 5.74. The van der Waals surface area contributed by atoms with Crippen LogP contribution in [0.3, 0.4) is 0 Å². The summed E-state index contributed by atoms with van der Waals surface area (Å²) in [7, 11) is -0.921. The average molecular weight is 419 g/mol. The van der Waals surface area contributed by atoms with E-state index < -0.39 is 10.1 Å². The van der Waals surface area contributed by atoms with Crippen LogP contribution in [-0.4, -0.2) is 42.5 Å². The molecule has 0 radical (unpaired) electrons. The van der Waals surface area contributed by atoms with Gasteiger partial charge in [-0.1, -0.05) is 74.9 Å². The zero-order chi connectivity index (χ0) is 17.3.